The summed E-state index contributed by atoms with van der Waals surface area (Å²) in [6, 6.07) is 13.1. The van der Waals surface area contributed by atoms with Crippen molar-refractivity contribution in [1.29, 1.82) is 0 Å². The number of nitrogens with zero attached hydrogens (tertiary/aromatic N) is 1. The fraction of sp³-hybridized carbons (Fsp3) is 0.438. The van der Waals surface area contributed by atoms with Gasteiger partial charge in [0.2, 0.25) is 5.91 Å². The number of fused-ring (bicyclic) bond motifs is 2. The Labute approximate surface area is 223 Å². The first-order chi connectivity index (χ1) is 18.5. The highest BCUT2D eigenvalue weighted by molar-refractivity contribution is 5.95. The first kappa shape index (κ1) is 24.8. The molecule has 1 N–H and O–H groups in total. The molecule has 6 rings (SSSR count). The molecule has 1 amide bonds. The molecule has 4 aliphatic rings. The van der Waals surface area contributed by atoms with E-state index >= 15 is 0 Å². The highest BCUT2D eigenvalue weighted by atomic mass is 16.5. The van der Waals surface area contributed by atoms with E-state index in [4.69, 9.17) is 9.47 Å². The predicted molar refractivity (Wildman–Crippen MR) is 145 cm³/mol. The van der Waals surface area contributed by atoms with Gasteiger partial charge in [0.25, 0.3) is 0 Å². The van der Waals surface area contributed by atoms with Gasteiger partial charge in [-0.3, -0.25) is 9.59 Å². The number of hydrogen-bond donors (Lipinski definition) is 1. The molecule has 0 bridgehead atoms. The predicted octanol–water partition coefficient (Wildman–Crippen LogP) is 4.85. The summed E-state index contributed by atoms with van der Waals surface area (Å²) in [6.07, 6.45) is 16.0. The fourth-order valence-corrected chi connectivity index (χ4v) is 6.31. The van der Waals surface area contributed by atoms with Gasteiger partial charge in [0, 0.05) is 6.20 Å². The van der Waals surface area contributed by atoms with Crippen LogP contribution in [0.4, 0.5) is 0 Å². The van der Waals surface area contributed by atoms with Crippen LogP contribution in [0.25, 0.3) is 12.2 Å². The third kappa shape index (κ3) is 5.09. The van der Waals surface area contributed by atoms with Crippen molar-refractivity contribution in [3.8, 4) is 11.5 Å². The second-order valence-electron chi connectivity index (χ2n) is 11.0. The van der Waals surface area contributed by atoms with Gasteiger partial charge in [0.05, 0.1) is 30.6 Å². The van der Waals surface area contributed by atoms with Crippen LogP contribution in [0.2, 0.25) is 0 Å². The number of amides is 1. The van der Waals surface area contributed by atoms with E-state index in [-0.39, 0.29) is 24.5 Å². The van der Waals surface area contributed by atoms with E-state index in [2.05, 4.69) is 0 Å². The van der Waals surface area contributed by atoms with Gasteiger partial charge in [0.1, 0.15) is 0 Å². The second kappa shape index (κ2) is 10.7. The van der Waals surface area contributed by atoms with Crippen molar-refractivity contribution in [1.82, 2.24) is 4.90 Å². The minimum atomic E-state index is -0.951. The van der Waals surface area contributed by atoms with Crippen LogP contribution in [0.3, 0.4) is 0 Å². The third-order valence-electron chi connectivity index (χ3n) is 8.33. The lowest BCUT2D eigenvalue weighted by Gasteiger charge is -2.28. The summed E-state index contributed by atoms with van der Waals surface area (Å²) in [6.45, 7) is 0. The van der Waals surface area contributed by atoms with Crippen LogP contribution in [0.1, 0.15) is 75.8 Å². The minimum Gasteiger partial charge on any atom is -0.487 e. The van der Waals surface area contributed by atoms with E-state index in [0.29, 0.717) is 5.75 Å². The molecular formula is C32H35NO5. The van der Waals surface area contributed by atoms with Gasteiger partial charge in [-0.2, -0.15) is 0 Å². The molecule has 0 spiro atoms. The minimum absolute atomic E-state index is 0.0993. The Morgan fingerprint density at radius 3 is 2.26 bits per heavy atom. The first-order valence-electron chi connectivity index (χ1n) is 14.1. The molecule has 2 atom stereocenters. The summed E-state index contributed by atoms with van der Waals surface area (Å²) in [7, 11) is 0. The number of benzene rings is 2. The molecule has 2 aromatic carbocycles. The number of rotatable bonds is 8. The molecule has 0 saturated heterocycles. The number of ether oxygens (including phenoxy) is 2. The van der Waals surface area contributed by atoms with E-state index in [1.54, 1.807) is 4.90 Å². The quantitative estimate of drug-likeness (QED) is 0.546. The van der Waals surface area contributed by atoms with Gasteiger partial charge < -0.3 is 19.5 Å². The Bertz CT molecular complexity index is 1370. The molecule has 0 aromatic heterocycles. The third-order valence-corrected chi connectivity index (χ3v) is 8.33. The summed E-state index contributed by atoms with van der Waals surface area (Å²) in [5.41, 5.74) is 1.64. The number of carboxylic acid groups (broad SMARTS) is 1. The Morgan fingerprint density at radius 1 is 0.895 bits per heavy atom. The van der Waals surface area contributed by atoms with Crippen molar-refractivity contribution in [2.75, 3.05) is 0 Å². The molecule has 1 heterocycles. The lowest BCUT2D eigenvalue weighted by Crippen LogP contribution is -2.34. The first-order valence-corrected chi connectivity index (χ1v) is 14.1. The number of aliphatic carboxylic acids is 1. The molecule has 0 radical (unpaired) electrons. The number of carbonyl (C=O) groups is 2. The highest BCUT2D eigenvalue weighted by Crippen LogP contribution is 2.40. The Kier molecular flexibility index (Phi) is 6.96. The normalized spacial score (nSPS) is 22.1. The molecule has 2 aromatic rings. The van der Waals surface area contributed by atoms with Crippen molar-refractivity contribution in [3.05, 3.63) is 70.2 Å². The topological polar surface area (TPSA) is 76.1 Å². The molecule has 2 saturated carbocycles. The molecule has 38 heavy (non-hydrogen) atoms. The van der Waals surface area contributed by atoms with Crippen LogP contribution in [0.15, 0.2) is 54.2 Å². The summed E-state index contributed by atoms with van der Waals surface area (Å²) in [4.78, 5) is 27.2. The molecule has 6 heteroatoms. The van der Waals surface area contributed by atoms with Crippen LogP contribution in [-0.2, 0) is 9.59 Å². The smallest absolute Gasteiger partial charge is 0.305 e. The average molecular weight is 514 g/mol. The summed E-state index contributed by atoms with van der Waals surface area (Å²) in [5.74, 6) is -0.0636. The van der Waals surface area contributed by atoms with Crippen molar-refractivity contribution >= 4 is 24.0 Å². The van der Waals surface area contributed by atoms with Gasteiger partial charge in [-0.25, -0.2) is 0 Å². The maximum Gasteiger partial charge on any atom is 0.305 e. The van der Waals surface area contributed by atoms with E-state index in [9.17, 15) is 14.7 Å². The standard InChI is InChI=1S/C32H35NO5/c34-31(35)19-28(33-20-24-16-21-8-4-5-9-22(21)17-27(24)32(33)36)23-14-15-29(37-25-10-2-1-3-11-25)30(18-23)38-26-12-6-7-13-26/h4-5,8-9,14-18,20,25-28H,1-3,6-7,10-13,19H2,(H,34,35). The molecule has 2 unspecified atom stereocenters. The number of carboxylic acids is 1. The maximum atomic E-state index is 13.6. The van der Waals surface area contributed by atoms with Gasteiger partial charge >= 0.3 is 5.97 Å². The lowest BCUT2D eigenvalue weighted by molar-refractivity contribution is -0.139. The molecule has 198 valence electrons. The number of carbonyl (C=O) groups excluding carboxylic acids is 1. The van der Waals surface area contributed by atoms with E-state index in [0.717, 1.165) is 65.8 Å². The maximum absolute atomic E-state index is 13.6. The Hall–Kier alpha value is -3.54. The molecular weight excluding hydrogens is 478 g/mol. The highest BCUT2D eigenvalue weighted by Gasteiger charge is 2.38. The van der Waals surface area contributed by atoms with Gasteiger partial charge in [0.15, 0.2) is 11.5 Å². The van der Waals surface area contributed by atoms with Crippen molar-refractivity contribution < 1.29 is 24.2 Å². The largest absolute Gasteiger partial charge is 0.487 e. The Balaban J connectivity index is 1.34. The van der Waals surface area contributed by atoms with E-state index in [1.807, 2.05) is 60.8 Å². The average Bonchev–Trinajstić information content (AvgIpc) is 3.55. The van der Waals surface area contributed by atoms with Crippen molar-refractivity contribution in [2.45, 2.75) is 82.5 Å². The molecule has 6 nitrogen and oxygen atoms in total. The SMILES string of the molecule is O=C(O)CC(c1ccc(OC2CCCCC2)c(OC2CCCC2)c1)N1C=C2C=c3ccccc3=CC2C1=O. The van der Waals surface area contributed by atoms with Crippen LogP contribution in [0, 0.1) is 5.92 Å². The monoisotopic (exact) mass is 513 g/mol. The summed E-state index contributed by atoms with van der Waals surface area (Å²) < 4.78 is 12.9. The second-order valence-corrected chi connectivity index (χ2v) is 11.0. The van der Waals surface area contributed by atoms with Crippen molar-refractivity contribution in [3.63, 3.8) is 0 Å². The molecule has 3 aliphatic carbocycles. The molecule has 2 fully saturated rings. The van der Waals surface area contributed by atoms with E-state index in [1.165, 1.54) is 19.3 Å². The summed E-state index contributed by atoms with van der Waals surface area (Å²) in [5, 5.41) is 11.9. The van der Waals surface area contributed by atoms with Gasteiger partial charge in [-0.05, 0) is 91.1 Å². The van der Waals surface area contributed by atoms with Crippen LogP contribution < -0.4 is 19.9 Å². The van der Waals surface area contributed by atoms with Gasteiger partial charge in [-0.15, -0.1) is 0 Å². The zero-order chi connectivity index (χ0) is 26.1. The van der Waals surface area contributed by atoms with Gasteiger partial charge in [-0.1, -0.05) is 42.8 Å². The summed E-state index contributed by atoms with van der Waals surface area (Å²) >= 11 is 0. The zero-order valence-electron chi connectivity index (χ0n) is 21.7. The number of hydrogen-bond acceptors (Lipinski definition) is 4. The van der Waals surface area contributed by atoms with Crippen molar-refractivity contribution in [2.24, 2.45) is 5.92 Å². The lowest BCUT2D eigenvalue weighted by atomic mass is 9.94. The van der Waals surface area contributed by atoms with Crippen LogP contribution >= 0.6 is 0 Å². The molecule has 1 aliphatic heterocycles. The van der Waals surface area contributed by atoms with Crippen LogP contribution in [0.5, 0.6) is 11.5 Å². The Morgan fingerprint density at radius 2 is 1.55 bits per heavy atom. The van der Waals surface area contributed by atoms with Crippen LogP contribution in [-0.4, -0.2) is 34.1 Å². The fourth-order valence-electron chi connectivity index (χ4n) is 6.31. The zero-order valence-corrected chi connectivity index (χ0v) is 21.7. The van der Waals surface area contributed by atoms with E-state index < -0.39 is 17.9 Å².